The molecule has 0 aromatic heterocycles. The smallest absolute Gasteiger partial charge is 0.243 e. The Kier molecular flexibility index (Phi) is 9.09. The molecule has 4 nitrogen and oxygen atoms in total. The summed E-state index contributed by atoms with van der Waals surface area (Å²) in [5.41, 5.74) is 0. The summed E-state index contributed by atoms with van der Waals surface area (Å²) >= 11 is 1.65. The summed E-state index contributed by atoms with van der Waals surface area (Å²) in [7, 11) is 0. The van der Waals surface area contributed by atoms with E-state index in [0.29, 0.717) is 12.3 Å². The summed E-state index contributed by atoms with van der Waals surface area (Å²) in [6, 6.07) is -0.403. The second-order valence-electron chi connectivity index (χ2n) is 3.56. The Morgan fingerprint density at radius 3 is 2.50 bits per heavy atom. The van der Waals surface area contributed by atoms with Gasteiger partial charge in [-0.15, -0.1) is 0 Å². The summed E-state index contributed by atoms with van der Waals surface area (Å²) in [6.45, 7) is 6.22. The summed E-state index contributed by atoms with van der Waals surface area (Å²) in [4.78, 5) is 22.7. The third-order valence-corrected chi connectivity index (χ3v) is 2.99. The highest BCUT2D eigenvalue weighted by atomic mass is 32.2. The average molecular weight is 246 g/mol. The van der Waals surface area contributed by atoms with Crippen molar-refractivity contribution in [2.24, 2.45) is 0 Å². The van der Waals surface area contributed by atoms with Crippen molar-refractivity contribution in [2.75, 3.05) is 18.1 Å². The van der Waals surface area contributed by atoms with Gasteiger partial charge < -0.3 is 10.6 Å². The van der Waals surface area contributed by atoms with Gasteiger partial charge in [0.1, 0.15) is 6.04 Å². The maximum absolute atomic E-state index is 11.7. The molecule has 0 aliphatic heterocycles. The zero-order chi connectivity index (χ0) is 12.4. The van der Waals surface area contributed by atoms with Crippen LogP contribution in [0.1, 0.15) is 33.6 Å². The Labute approximate surface area is 102 Å². The van der Waals surface area contributed by atoms with E-state index in [1.165, 1.54) is 6.92 Å². The number of nitrogens with one attached hydrogen (secondary N) is 2. The van der Waals surface area contributed by atoms with E-state index >= 15 is 0 Å². The van der Waals surface area contributed by atoms with Gasteiger partial charge in [-0.25, -0.2) is 0 Å². The number of rotatable bonds is 8. The summed E-state index contributed by atoms with van der Waals surface area (Å²) in [5, 5.41) is 5.50. The lowest BCUT2D eigenvalue weighted by molar-refractivity contribution is -0.127. The van der Waals surface area contributed by atoms with Crippen molar-refractivity contribution in [1.29, 1.82) is 0 Å². The minimum Gasteiger partial charge on any atom is -0.354 e. The average Bonchev–Trinajstić information content (AvgIpc) is 2.23. The van der Waals surface area contributed by atoms with Gasteiger partial charge in [0.2, 0.25) is 11.8 Å². The SMILES string of the molecule is CCCCNC(=O)[C@H](CSCC)NC(C)=O. The van der Waals surface area contributed by atoms with E-state index in [9.17, 15) is 9.59 Å². The maximum atomic E-state index is 11.7. The molecule has 1 atom stereocenters. The van der Waals surface area contributed by atoms with Crippen LogP contribution in [-0.2, 0) is 9.59 Å². The lowest BCUT2D eigenvalue weighted by Crippen LogP contribution is -2.47. The number of amides is 2. The molecule has 0 aliphatic carbocycles. The predicted octanol–water partition coefficient (Wildman–Crippen LogP) is 1.16. The van der Waals surface area contributed by atoms with E-state index in [1.54, 1.807) is 11.8 Å². The van der Waals surface area contributed by atoms with Crippen molar-refractivity contribution in [2.45, 2.75) is 39.7 Å². The summed E-state index contributed by atoms with van der Waals surface area (Å²) in [6.07, 6.45) is 2.02. The van der Waals surface area contributed by atoms with E-state index in [1.807, 2.05) is 6.92 Å². The molecule has 0 unspecified atom stereocenters. The minimum atomic E-state index is -0.403. The topological polar surface area (TPSA) is 58.2 Å². The molecule has 2 amide bonds. The molecular weight excluding hydrogens is 224 g/mol. The van der Waals surface area contributed by atoms with Gasteiger partial charge >= 0.3 is 0 Å². The van der Waals surface area contributed by atoms with Crippen LogP contribution in [0.25, 0.3) is 0 Å². The molecule has 0 rings (SSSR count). The van der Waals surface area contributed by atoms with Crippen LogP contribution in [0.5, 0.6) is 0 Å². The molecule has 0 aromatic carbocycles. The first kappa shape index (κ1) is 15.3. The number of carbonyl (C=O) groups is 2. The van der Waals surface area contributed by atoms with E-state index < -0.39 is 6.04 Å². The quantitative estimate of drug-likeness (QED) is 0.632. The lowest BCUT2D eigenvalue weighted by atomic mass is 10.3. The molecule has 2 N–H and O–H groups in total. The van der Waals surface area contributed by atoms with Crippen molar-refractivity contribution in [3.63, 3.8) is 0 Å². The van der Waals surface area contributed by atoms with Crippen LogP contribution in [0, 0.1) is 0 Å². The highest BCUT2D eigenvalue weighted by Crippen LogP contribution is 2.02. The third kappa shape index (κ3) is 7.56. The molecule has 0 heterocycles. The van der Waals surface area contributed by atoms with Gasteiger partial charge in [0, 0.05) is 19.2 Å². The predicted molar refractivity (Wildman–Crippen MR) is 68.5 cm³/mol. The summed E-state index contributed by atoms with van der Waals surface area (Å²) < 4.78 is 0. The molecule has 0 saturated heterocycles. The molecule has 0 radical (unpaired) electrons. The molecule has 0 fully saturated rings. The van der Waals surface area contributed by atoms with E-state index in [-0.39, 0.29) is 11.8 Å². The van der Waals surface area contributed by atoms with Crippen molar-refractivity contribution in [3.8, 4) is 0 Å². The Morgan fingerprint density at radius 2 is 2.00 bits per heavy atom. The highest BCUT2D eigenvalue weighted by Gasteiger charge is 2.18. The van der Waals surface area contributed by atoms with Gasteiger partial charge in [0.25, 0.3) is 0 Å². The number of carbonyl (C=O) groups excluding carboxylic acids is 2. The molecule has 16 heavy (non-hydrogen) atoms. The standard InChI is InChI=1S/C11H22N2O2S/c1-4-6-7-12-11(15)10(8-16-5-2)13-9(3)14/h10H,4-8H2,1-3H3,(H,12,15)(H,13,14)/t10-/m0/s1. The van der Waals surface area contributed by atoms with Crippen molar-refractivity contribution in [3.05, 3.63) is 0 Å². The molecule has 0 saturated carbocycles. The first-order valence-corrected chi connectivity index (χ1v) is 6.89. The largest absolute Gasteiger partial charge is 0.354 e. The fourth-order valence-corrected chi connectivity index (χ4v) is 1.88. The second-order valence-corrected chi connectivity index (χ2v) is 4.88. The van der Waals surface area contributed by atoms with Gasteiger partial charge in [0.05, 0.1) is 0 Å². The van der Waals surface area contributed by atoms with Crippen LogP contribution in [0.3, 0.4) is 0 Å². The molecule has 0 bridgehead atoms. The Bertz CT molecular complexity index is 222. The second kappa shape index (κ2) is 9.51. The number of hydrogen-bond donors (Lipinski definition) is 2. The third-order valence-electron chi connectivity index (χ3n) is 2.01. The van der Waals surface area contributed by atoms with E-state index in [2.05, 4.69) is 17.6 Å². The van der Waals surface area contributed by atoms with Gasteiger partial charge in [-0.2, -0.15) is 11.8 Å². The van der Waals surface area contributed by atoms with Crippen LogP contribution in [0.15, 0.2) is 0 Å². The van der Waals surface area contributed by atoms with Gasteiger partial charge in [-0.1, -0.05) is 20.3 Å². The van der Waals surface area contributed by atoms with Crippen molar-refractivity contribution >= 4 is 23.6 Å². The Hall–Kier alpha value is -0.710. The maximum Gasteiger partial charge on any atom is 0.243 e. The first-order valence-electron chi connectivity index (χ1n) is 5.74. The van der Waals surface area contributed by atoms with Crippen LogP contribution < -0.4 is 10.6 Å². The minimum absolute atomic E-state index is 0.0791. The fraction of sp³-hybridized carbons (Fsp3) is 0.818. The van der Waals surface area contributed by atoms with Gasteiger partial charge in [-0.05, 0) is 12.2 Å². The molecular formula is C11H22N2O2S. The van der Waals surface area contributed by atoms with Crippen molar-refractivity contribution in [1.82, 2.24) is 10.6 Å². The zero-order valence-corrected chi connectivity index (χ0v) is 11.2. The molecule has 0 spiro atoms. The Morgan fingerprint density at radius 1 is 1.31 bits per heavy atom. The van der Waals surface area contributed by atoms with Crippen LogP contribution >= 0.6 is 11.8 Å². The van der Waals surface area contributed by atoms with E-state index in [4.69, 9.17) is 0 Å². The molecule has 94 valence electrons. The van der Waals surface area contributed by atoms with Crippen LogP contribution in [0.2, 0.25) is 0 Å². The Balaban J connectivity index is 4.04. The zero-order valence-electron chi connectivity index (χ0n) is 10.3. The first-order chi connectivity index (χ1) is 7.61. The molecule has 5 heteroatoms. The monoisotopic (exact) mass is 246 g/mol. The number of hydrogen-bond acceptors (Lipinski definition) is 3. The van der Waals surface area contributed by atoms with Gasteiger partial charge in [0.15, 0.2) is 0 Å². The van der Waals surface area contributed by atoms with Crippen molar-refractivity contribution < 1.29 is 9.59 Å². The van der Waals surface area contributed by atoms with Gasteiger partial charge in [-0.3, -0.25) is 9.59 Å². The number of thioether (sulfide) groups is 1. The van der Waals surface area contributed by atoms with Crippen LogP contribution in [0.4, 0.5) is 0 Å². The van der Waals surface area contributed by atoms with Crippen LogP contribution in [-0.4, -0.2) is 35.9 Å². The lowest BCUT2D eigenvalue weighted by Gasteiger charge is -2.16. The highest BCUT2D eigenvalue weighted by molar-refractivity contribution is 7.99. The van der Waals surface area contributed by atoms with E-state index in [0.717, 1.165) is 18.6 Å². The fourth-order valence-electron chi connectivity index (χ4n) is 1.18. The molecule has 0 aromatic rings. The normalized spacial score (nSPS) is 11.9. The summed E-state index contributed by atoms with van der Waals surface area (Å²) in [5.74, 6) is 1.34. The number of unbranched alkanes of at least 4 members (excludes halogenated alkanes) is 1. The molecule has 0 aliphatic rings.